The summed E-state index contributed by atoms with van der Waals surface area (Å²) in [6.07, 6.45) is 7.28. The van der Waals surface area contributed by atoms with Crippen LogP contribution in [0.3, 0.4) is 0 Å². The molecule has 58 heavy (non-hydrogen) atoms. The maximum absolute atomic E-state index is 13.1. The van der Waals surface area contributed by atoms with Crippen LogP contribution in [0.1, 0.15) is 84.0 Å². The van der Waals surface area contributed by atoms with Crippen molar-refractivity contribution >= 4 is 29.5 Å². The van der Waals surface area contributed by atoms with Crippen LogP contribution in [0.25, 0.3) is 0 Å². The van der Waals surface area contributed by atoms with Crippen LogP contribution in [0.4, 0.5) is 0 Å². The minimum absolute atomic E-state index is 0.0518. The third-order valence-electron chi connectivity index (χ3n) is 10.6. The van der Waals surface area contributed by atoms with Crippen LogP contribution in [0.15, 0.2) is 0 Å². The molecule has 17 heteroatoms. The predicted molar refractivity (Wildman–Crippen MR) is 235 cm³/mol. The Labute approximate surface area is 352 Å². The summed E-state index contributed by atoms with van der Waals surface area (Å²) in [7, 11) is 9.05. The van der Waals surface area contributed by atoms with E-state index in [-0.39, 0.29) is 29.5 Å². The zero-order chi connectivity index (χ0) is 43.7. The predicted octanol–water partition coefficient (Wildman–Crippen LogP) is -0.280. The van der Waals surface area contributed by atoms with Gasteiger partial charge in [0.25, 0.3) is 0 Å². The zero-order valence-corrected chi connectivity index (χ0v) is 37.6. The zero-order valence-electron chi connectivity index (χ0n) is 37.6. The van der Waals surface area contributed by atoms with Crippen LogP contribution in [0, 0.1) is 0 Å². The molecule has 0 heterocycles. The summed E-state index contributed by atoms with van der Waals surface area (Å²) in [5.41, 5.74) is 22.7. The molecule has 0 radical (unpaired) electrons. The average Bonchev–Trinajstić information content (AvgIpc) is 3.22. The molecular weight excluding hydrogens is 741 g/mol. The highest BCUT2D eigenvalue weighted by Gasteiger charge is 2.19. The summed E-state index contributed by atoms with van der Waals surface area (Å²) in [4.78, 5) is 80.0. The second-order valence-corrected chi connectivity index (χ2v) is 15.6. The van der Waals surface area contributed by atoms with Crippen molar-refractivity contribution in [3.8, 4) is 0 Å². The lowest BCUT2D eigenvalue weighted by Gasteiger charge is -2.29. The topological polar surface area (TPSA) is 215 Å². The molecule has 0 saturated heterocycles. The summed E-state index contributed by atoms with van der Waals surface area (Å²) in [5.74, 6) is 0.327. The van der Waals surface area contributed by atoms with Gasteiger partial charge in [0.05, 0.1) is 0 Å². The van der Waals surface area contributed by atoms with Gasteiger partial charge >= 0.3 is 0 Å². The Balaban J connectivity index is 5.84. The van der Waals surface area contributed by atoms with E-state index in [0.717, 1.165) is 58.0 Å². The lowest BCUT2D eigenvalue weighted by atomic mass is 10.2. The lowest BCUT2D eigenvalue weighted by molar-refractivity contribution is -0.132. The molecule has 0 aliphatic carbocycles. The van der Waals surface area contributed by atoms with Gasteiger partial charge in [-0.05, 0) is 97.3 Å². The molecule has 0 saturated carbocycles. The van der Waals surface area contributed by atoms with Crippen molar-refractivity contribution in [2.45, 2.75) is 84.0 Å². The largest absolute Gasteiger partial charge is 0.346 e. The fourth-order valence-corrected chi connectivity index (χ4v) is 6.54. The fourth-order valence-electron chi connectivity index (χ4n) is 6.54. The van der Waals surface area contributed by atoms with E-state index in [1.807, 2.05) is 14.1 Å². The van der Waals surface area contributed by atoms with Gasteiger partial charge in [-0.25, -0.2) is 0 Å². The Morgan fingerprint density at radius 2 is 0.517 bits per heavy atom. The van der Waals surface area contributed by atoms with Crippen LogP contribution in [-0.2, 0) is 24.0 Å². The molecule has 0 atom stereocenters. The highest BCUT2D eigenvalue weighted by molar-refractivity contribution is 5.77. The molecule has 0 aliphatic rings. The van der Waals surface area contributed by atoms with Crippen molar-refractivity contribution in [1.29, 1.82) is 0 Å². The molecule has 5 amide bonds. The summed E-state index contributed by atoms with van der Waals surface area (Å²) in [6.45, 7) is 13.0. The van der Waals surface area contributed by atoms with E-state index in [9.17, 15) is 24.0 Å². The molecule has 0 fully saturated rings. The van der Waals surface area contributed by atoms with Crippen molar-refractivity contribution in [3.05, 3.63) is 0 Å². The number of nitrogens with two attached hydrogens (primary N) is 4. The van der Waals surface area contributed by atoms with Crippen LogP contribution in [0.2, 0.25) is 0 Å². The van der Waals surface area contributed by atoms with Crippen molar-refractivity contribution in [3.63, 3.8) is 0 Å². The summed E-state index contributed by atoms with van der Waals surface area (Å²) >= 11 is 0. The molecule has 0 spiro atoms. The van der Waals surface area contributed by atoms with E-state index in [0.29, 0.717) is 137 Å². The summed E-state index contributed by atoms with van der Waals surface area (Å²) in [6, 6.07) is 0. The Hall–Kier alpha value is -2.93. The first-order valence-corrected chi connectivity index (χ1v) is 21.9. The maximum atomic E-state index is 13.1. The second kappa shape index (κ2) is 34.9. The van der Waals surface area contributed by atoms with E-state index in [1.54, 1.807) is 45.6 Å². The standard InChI is InChI=1S/C41H86N12O5/c1-7-23-46(2)37(54)15-33-52(34-16-39(56)48(4)25-9-20-43)30-12-28-51(32-14-38(55)47(3)24-8-19-42)29-13-31-53(35-17-40(57)49(5)26-10-21-44)36-18-41(58)50(6)27-11-22-45/h7-36,42-45H2,1-6H3. The Morgan fingerprint density at radius 3 is 0.724 bits per heavy atom. The fraction of sp³-hybridized carbons (Fsp3) is 0.878. The number of amides is 5. The second-order valence-electron chi connectivity index (χ2n) is 15.6. The molecule has 0 bridgehead atoms. The van der Waals surface area contributed by atoms with Crippen LogP contribution in [-0.4, -0.2) is 222 Å². The third kappa shape index (κ3) is 26.9. The number of carbonyl (C=O) groups excluding carboxylic acids is 5. The Kier molecular flexibility index (Phi) is 33.1. The van der Waals surface area contributed by atoms with Gasteiger partial charge in [0.2, 0.25) is 29.5 Å². The highest BCUT2D eigenvalue weighted by Crippen LogP contribution is 2.08. The smallest absolute Gasteiger partial charge is 0.223 e. The third-order valence-corrected chi connectivity index (χ3v) is 10.6. The average molecular weight is 827 g/mol. The minimum atomic E-state index is 0.0518. The minimum Gasteiger partial charge on any atom is -0.346 e. The van der Waals surface area contributed by atoms with Gasteiger partial charge < -0.3 is 62.1 Å². The van der Waals surface area contributed by atoms with Crippen molar-refractivity contribution in [2.24, 2.45) is 22.9 Å². The molecular formula is C41H86N12O5. The summed E-state index contributed by atoms with van der Waals surface area (Å²) in [5, 5.41) is 0. The molecule has 0 aromatic heterocycles. The van der Waals surface area contributed by atoms with Crippen LogP contribution in [0.5, 0.6) is 0 Å². The first-order chi connectivity index (χ1) is 27.7. The quantitative estimate of drug-likeness (QED) is 0.0637. The van der Waals surface area contributed by atoms with Crippen LogP contribution >= 0.6 is 0 Å². The van der Waals surface area contributed by atoms with Crippen molar-refractivity contribution in [2.75, 3.05) is 153 Å². The number of hydrogen-bond acceptors (Lipinski definition) is 12. The van der Waals surface area contributed by atoms with Gasteiger partial charge in [-0.15, -0.1) is 0 Å². The molecule has 0 aromatic carbocycles. The van der Waals surface area contributed by atoms with Gasteiger partial charge in [-0.3, -0.25) is 24.0 Å². The van der Waals surface area contributed by atoms with E-state index in [1.165, 1.54) is 0 Å². The Bertz CT molecular complexity index is 1090. The lowest BCUT2D eigenvalue weighted by Crippen LogP contribution is -2.39. The number of hydrogen-bond donors (Lipinski definition) is 4. The molecule has 0 rings (SSSR count). The molecule has 0 unspecified atom stereocenters. The van der Waals surface area contributed by atoms with Gasteiger partial charge in [0.1, 0.15) is 0 Å². The van der Waals surface area contributed by atoms with Crippen molar-refractivity contribution < 1.29 is 24.0 Å². The Morgan fingerprint density at radius 1 is 0.310 bits per heavy atom. The van der Waals surface area contributed by atoms with E-state index in [4.69, 9.17) is 22.9 Å². The van der Waals surface area contributed by atoms with E-state index in [2.05, 4.69) is 21.6 Å². The number of carbonyl (C=O) groups is 5. The van der Waals surface area contributed by atoms with Crippen molar-refractivity contribution in [1.82, 2.24) is 39.2 Å². The summed E-state index contributed by atoms with van der Waals surface area (Å²) < 4.78 is 0. The van der Waals surface area contributed by atoms with Gasteiger partial charge in [0, 0.05) is 133 Å². The normalized spacial score (nSPS) is 11.4. The van der Waals surface area contributed by atoms with Gasteiger partial charge in [0.15, 0.2) is 0 Å². The molecule has 0 aliphatic heterocycles. The van der Waals surface area contributed by atoms with Crippen LogP contribution < -0.4 is 22.9 Å². The number of nitrogens with zero attached hydrogens (tertiary/aromatic N) is 8. The van der Waals surface area contributed by atoms with E-state index >= 15 is 0 Å². The SMILES string of the molecule is CCCN(C)C(=O)CCN(CCCN(CCCN(CCC(=O)N(C)CCCN)CCC(=O)N(C)CCCN)CCC(=O)N(C)CCCN)CCC(=O)N(C)CCCN. The highest BCUT2D eigenvalue weighted by atomic mass is 16.2. The molecule has 0 aromatic rings. The van der Waals surface area contributed by atoms with E-state index < -0.39 is 0 Å². The maximum Gasteiger partial charge on any atom is 0.223 e. The first kappa shape index (κ1) is 55.1. The number of rotatable bonds is 37. The van der Waals surface area contributed by atoms with Gasteiger partial charge in [-0.1, -0.05) is 6.92 Å². The monoisotopic (exact) mass is 827 g/mol. The molecule has 8 N–H and O–H groups in total. The first-order valence-electron chi connectivity index (χ1n) is 21.9. The van der Waals surface area contributed by atoms with Gasteiger partial charge in [-0.2, -0.15) is 0 Å². The molecule has 340 valence electrons. The molecule has 17 nitrogen and oxygen atoms in total.